The van der Waals surface area contributed by atoms with Gasteiger partial charge in [0, 0.05) is 37.7 Å². The van der Waals surface area contributed by atoms with Crippen molar-refractivity contribution in [2.24, 2.45) is 4.99 Å². The summed E-state index contributed by atoms with van der Waals surface area (Å²) in [4.78, 5) is 5.89. The number of benzene rings is 1. The van der Waals surface area contributed by atoms with E-state index in [4.69, 9.17) is 23.2 Å². The highest BCUT2D eigenvalue weighted by molar-refractivity contribution is 6.34. The summed E-state index contributed by atoms with van der Waals surface area (Å²) >= 11 is 11.8. The van der Waals surface area contributed by atoms with Crippen LogP contribution in [0.25, 0.3) is 0 Å². The fraction of sp³-hybridized carbons (Fsp3) is 0.417. The van der Waals surface area contributed by atoms with Crippen molar-refractivity contribution in [3.63, 3.8) is 0 Å². The molecule has 1 rings (SSSR count). The zero-order valence-corrected chi connectivity index (χ0v) is 12.1. The number of aliphatic imine (C=N–C) groups is 1. The minimum absolute atomic E-state index is 0.335. The second-order valence-corrected chi connectivity index (χ2v) is 4.91. The first-order valence-corrected chi connectivity index (χ1v) is 6.21. The zero-order chi connectivity index (χ0) is 13.7. The molecule has 2 N–H and O–H groups in total. The molecule has 1 aromatic rings. The number of nitrogens with zero attached hydrogens (tertiary/aromatic N) is 2. The monoisotopic (exact) mass is 289 g/mol. The maximum absolute atomic E-state index is 10.0. The average molecular weight is 290 g/mol. The van der Waals surface area contributed by atoms with Gasteiger partial charge in [-0.25, -0.2) is 0 Å². The molecule has 0 spiro atoms. The molecule has 0 fully saturated rings. The number of halogens is 2. The van der Waals surface area contributed by atoms with Gasteiger partial charge in [-0.05, 0) is 23.8 Å². The molecule has 18 heavy (non-hydrogen) atoms. The molecule has 0 radical (unpaired) electrons. The lowest BCUT2D eigenvalue weighted by Gasteiger charge is -2.19. The molecule has 4 nitrogen and oxygen atoms in total. The molecule has 0 aliphatic heterocycles. The van der Waals surface area contributed by atoms with Gasteiger partial charge in [0.15, 0.2) is 5.96 Å². The van der Waals surface area contributed by atoms with Gasteiger partial charge in [0.25, 0.3) is 0 Å². The summed E-state index contributed by atoms with van der Waals surface area (Å²) in [5, 5.41) is 14.1. The minimum Gasteiger partial charge on any atom is -0.387 e. The van der Waals surface area contributed by atoms with E-state index in [1.165, 1.54) is 0 Å². The Hall–Kier alpha value is -0.970. The lowest BCUT2D eigenvalue weighted by molar-refractivity contribution is 0.180. The summed E-state index contributed by atoms with van der Waals surface area (Å²) < 4.78 is 0. The van der Waals surface area contributed by atoms with Crippen LogP contribution in [0.3, 0.4) is 0 Å². The van der Waals surface area contributed by atoms with Gasteiger partial charge in [0.2, 0.25) is 0 Å². The summed E-state index contributed by atoms with van der Waals surface area (Å²) in [6, 6.07) is 5.02. The minimum atomic E-state index is -0.696. The van der Waals surface area contributed by atoms with Crippen LogP contribution in [-0.2, 0) is 0 Å². The lowest BCUT2D eigenvalue weighted by Crippen LogP contribution is -2.38. The topological polar surface area (TPSA) is 47.9 Å². The van der Waals surface area contributed by atoms with Crippen molar-refractivity contribution >= 4 is 29.2 Å². The number of aliphatic hydroxyl groups is 1. The van der Waals surface area contributed by atoms with E-state index in [1.807, 2.05) is 19.0 Å². The maximum atomic E-state index is 10.0. The van der Waals surface area contributed by atoms with E-state index in [-0.39, 0.29) is 0 Å². The Morgan fingerprint density at radius 3 is 2.33 bits per heavy atom. The number of hydrogen-bond donors (Lipinski definition) is 2. The van der Waals surface area contributed by atoms with Crippen molar-refractivity contribution in [1.82, 2.24) is 10.2 Å². The molecule has 0 aliphatic rings. The van der Waals surface area contributed by atoms with E-state index in [9.17, 15) is 5.11 Å². The van der Waals surface area contributed by atoms with E-state index >= 15 is 0 Å². The maximum Gasteiger partial charge on any atom is 0.193 e. The highest BCUT2D eigenvalue weighted by Crippen LogP contribution is 2.23. The number of guanidine groups is 1. The summed E-state index contributed by atoms with van der Waals surface area (Å²) in [5.41, 5.74) is 0.675. The number of nitrogens with one attached hydrogen (secondary N) is 1. The van der Waals surface area contributed by atoms with Gasteiger partial charge in [-0.2, -0.15) is 0 Å². The van der Waals surface area contributed by atoms with Crippen molar-refractivity contribution in [3.8, 4) is 0 Å². The molecule has 0 bridgehead atoms. The van der Waals surface area contributed by atoms with Crippen molar-refractivity contribution < 1.29 is 5.11 Å². The molecule has 100 valence electrons. The third-order valence-corrected chi connectivity index (χ3v) is 2.80. The largest absolute Gasteiger partial charge is 0.387 e. The predicted octanol–water partition coefficient (Wildman–Crippen LogP) is 2.16. The summed E-state index contributed by atoms with van der Waals surface area (Å²) in [6.45, 7) is 0.335. The Kier molecular flexibility index (Phi) is 5.72. The molecule has 0 heterocycles. The Labute approximate surface area is 117 Å². The molecule has 1 aromatic carbocycles. The fourth-order valence-electron chi connectivity index (χ4n) is 1.51. The van der Waals surface area contributed by atoms with Crippen LogP contribution in [-0.4, -0.2) is 43.7 Å². The third-order valence-electron chi connectivity index (χ3n) is 2.36. The number of hydrogen-bond acceptors (Lipinski definition) is 2. The van der Waals surface area contributed by atoms with Gasteiger partial charge in [0.1, 0.15) is 0 Å². The number of rotatable bonds is 3. The first-order chi connectivity index (χ1) is 8.43. The van der Waals surface area contributed by atoms with Crippen LogP contribution in [0, 0.1) is 0 Å². The Morgan fingerprint density at radius 2 is 1.89 bits per heavy atom. The second-order valence-electron chi connectivity index (χ2n) is 4.04. The molecule has 0 saturated carbocycles. The van der Waals surface area contributed by atoms with Gasteiger partial charge in [-0.3, -0.25) is 4.99 Å². The van der Waals surface area contributed by atoms with Crippen LogP contribution in [0.15, 0.2) is 23.2 Å². The zero-order valence-electron chi connectivity index (χ0n) is 10.6. The van der Waals surface area contributed by atoms with Gasteiger partial charge in [-0.1, -0.05) is 23.2 Å². The highest BCUT2D eigenvalue weighted by atomic mass is 35.5. The second kappa shape index (κ2) is 6.83. The van der Waals surface area contributed by atoms with E-state index in [0.29, 0.717) is 28.1 Å². The summed E-state index contributed by atoms with van der Waals surface area (Å²) in [6.07, 6.45) is -0.696. The van der Waals surface area contributed by atoms with Crippen LogP contribution < -0.4 is 5.32 Å². The van der Waals surface area contributed by atoms with E-state index < -0.39 is 6.10 Å². The summed E-state index contributed by atoms with van der Waals surface area (Å²) in [7, 11) is 5.43. The van der Waals surface area contributed by atoms with Crippen molar-refractivity contribution in [1.29, 1.82) is 0 Å². The standard InChI is InChI=1S/C12H17Cl2N3O/c1-15-12(17(2)3)16-7-11(18)8-4-9(13)6-10(14)5-8/h4-6,11,18H,7H2,1-3H3,(H,15,16). The molecular formula is C12H17Cl2N3O. The quantitative estimate of drug-likeness (QED) is 0.662. The highest BCUT2D eigenvalue weighted by Gasteiger charge is 2.10. The van der Waals surface area contributed by atoms with Gasteiger partial charge in [-0.15, -0.1) is 0 Å². The molecule has 6 heteroatoms. The number of aliphatic hydroxyl groups excluding tert-OH is 1. The van der Waals surface area contributed by atoms with Crippen LogP contribution in [0.5, 0.6) is 0 Å². The SMILES string of the molecule is CN=C(NCC(O)c1cc(Cl)cc(Cl)c1)N(C)C. The van der Waals surface area contributed by atoms with E-state index in [2.05, 4.69) is 10.3 Å². The molecule has 0 saturated heterocycles. The van der Waals surface area contributed by atoms with Crippen molar-refractivity contribution in [2.75, 3.05) is 27.7 Å². The smallest absolute Gasteiger partial charge is 0.193 e. The molecular weight excluding hydrogens is 273 g/mol. The Bertz CT molecular complexity index is 415. The van der Waals surface area contributed by atoms with Crippen LogP contribution in [0.2, 0.25) is 10.0 Å². The normalized spacial score (nSPS) is 13.3. The molecule has 0 aliphatic carbocycles. The predicted molar refractivity (Wildman–Crippen MR) is 76.5 cm³/mol. The molecule has 1 atom stereocenters. The molecule has 0 aromatic heterocycles. The average Bonchev–Trinajstić information content (AvgIpc) is 2.27. The van der Waals surface area contributed by atoms with Crippen molar-refractivity contribution in [3.05, 3.63) is 33.8 Å². The van der Waals surface area contributed by atoms with Gasteiger partial charge < -0.3 is 15.3 Å². The van der Waals surface area contributed by atoms with Gasteiger partial charge >= 0.3 is 0 Å². The Balaban J connectivity index is 2.68. The van der Waals surface area contributed by atoms with E-state index in [0.717, 1.165) is 0 Å². The van der Waals surface area contributed by atoms with Crippen molar-refractivity contribution in [2.45, 2.75) is 6.10 Å². The van der Waals surface area contributed by atoms with Crippen LogP contribution >= 0.6 is 23.2 Å². The Morgan fingerprint density at radius 1 is 1.33 bits per heavy atom. The van der Waals surface area contributed by atoms with Crippen LogP contribution in [0.1, 0.15) is 11.7 Å². The lowest BCUT2D eigenvalue weighted by atomic mass is 10.1. The molecule has 1 unspecified atom stereocenters. The van der Waals surface area contributed by atoms with E-state index in [1.54, 1.807) is 25.2 Å². The first-order valence-electron chi connectivity index (χ1n) is 5.46. The summed E-state index contributed by atoms with van der Waals surface area (Å²) in [5.74, 6) is 0.696. The first kappa shape index (κ1) is 15.1. The fourth-order valence-corrected chi connectivity index (χ4v) is 2.05. The third kappa shape index (κ3) is 4.37. The van der Waals surface area contributed by atoms with Crippen LogP contribution in [0.4, 0.5) is 0 Å². The molecule has 0 amide bonds. The van der Waals surface area contributed by atoms with Gasteiger partial charge in [0.05, 0.1) is 6.10 Å².